The molecule has 3 amide bonds. The highest BCUT2D eigenvalue weighted by Gasteiger charge is 2.31. The van der Waals surface area contributed by atoms with Gasteiger partial charge in [0.15, 0.2) is 9.84 Å². The van der Waals surface area contributed by atoms with Crippen molar-refractivity contribution in [3.63, 3.8) is 0 Å². The van der Waals surface area contributed by atoms with Crippen LogP contribution in [0.3, 0.4) is 0 Å². The van der Waals surface area contributed by atoms with E-state index in [1.54, 1.807) is 15.6 Å². The molecule has 0 saturated carbocycles. The topological polar surface area (TPSA) is 105 Å². The summed E-state index contributed by atoms with van der Waals surface area (Å²) in [5.74, 6) is 0.582. The molecule has 1 aromatic heterocycles. The molecule has 3 rings (SSSR count). The number of sulfone groups is 1. The van der Waals surface area contributed by atoms with Crippen molar-refractivity contribution >= 4 is 27.6 Å². The van der Waals surface area contributed by atoms with E-state index in [-0.39, 0.29) is 36.0 Å². The molecule has 9 nitrogen and oxygen atoms in total. The Kier molecular flexibility index (Phi) is 5.49. The van der Waals surface area contributed by atoms with Gasteiger partial charge in [-0.25, -0.2) is 17.9 Å². The zero-order valence-electron chi connectivity index (χ0n) is 14.9. The minimum Gasteiger partial charge on any atom is -0.341 e. The lowest BCUT2D eigenvalue weighted by Gasteiger charge is -2.22. The second kappa shape index (κ2) is 7.65. The number of hydrogen-bond donors (Lipinski definition) is 1. The Morgan fingerprint density at radius 1 is 1.38 bits per heavy atom. The van der Waals surface area contributed by atoms with Gasteiger partial charge in [-0.15, -0.1) is 0 Å². The minimum absolute atomic E-state index is 0.0335. The van der Waals surface area contributed by atoms with Crippen LogP contribution in [0.5, 0.6) is 0 Å². The molecule has 2 saturated heterocycles. The smallest absolute Gasteiger partial charge is 0.323 e. The zero-order valence-corrected chi connectivity index (χ0v) is 15.7. The van der Waals surface area contributed by atoms with Gasteiger partial charge in [0.2, 0.25) is 5.91 Å². The highest BCUT2D eigenvalue weighted by Crippen LogP contribution is 2.26. The summed E-state index contributed by atoms with van der Waals surface area (Å²) in [5.41, 5.74) is 0. The van der Waals surface area contributed by atoms with Crippen LogP contribution in [-0.2, 0) is 14.6 Å². The quantitative estimate of drug-likeness (QED) is 0.825. The van der Waals surface area contributed by atoms with Crippen LogP contribution in [-0.4, -0.2) is 77.6 Å². The third-order valence-electron chi connectivity index (χ3n) is 4.78. The first-order valence-corrected chi connectivity index (χ1v) is 10.8. The van der Waals surface area contributed by atoms with Crippen LogP contribution >= 0.6 is 0 Å². The molecule has 10 heteroatoms. The maximum absolute atomic E-state index is 12.6. The summed E-state index contributed by atoms with van der Waals surface area (Å²) in [7, 11) is -3.05. The molecule has 144 valence electrons. The van der Waals surface area contributed by atoms with Gasteiger partial charge in [-0.2, -0.15) is 5.10 Å². The molecule has 1 unspecified atom stereocenters. The summed E-state index contributed by atoms with van der Waals surface area (Å²) < 4.78 is 25.0. The summed E-state index contributed by atoms with van der Waals surface area (Å²) in [5, 5.41) is 6.96. The summed E-state index contributed by atoms with van der Waals surface area (Å²) in [6, 6.07) is 1.02. The molecule has 3 heterocycles. The van der Waals surface area contributed by atoms with E-state index in [0.717, 1.165) is 12.8 Å². The van der Waals surface area contributed by atoms with Gasteiger partial charge < -0.3 is 9.80 Å². The van der Waals surface area contributed by atoms with E-state index in [2.05, 4.69) is 10.4 Å². The van der Waals surface area contributed by atoms with E-state index in [4.69, 9.17) is 0 Å². The van der Waals surface area contributed by atoms with E-state index < -0.39 is 9.84 Å². The zero-order chi connectivity index (χ0) is 18.7. The first kappa shape index (κ1) is 18.7. The van der Waals surface area contributed by atoms with Crippen molar-refractivity contribution in [2.75, 3.05) is 43.0 Å². The molecule has 0 spiro atoms. The van der Waals surface area contributed by atoms with Gasteiger partial charge in [0.05, 0.1) is 23.7 Å². The van der Waals surface area contributed by atoms with Crippen LogP contribution in [0, 0.1) is 0 Å². The highest BCUT2D eigenvalue weighted by molar-refractivity contribution is 7.91. The summed E-state index contributed by atoms with van der Waals surface area (Å²) in [4.78, 5) is 28.2. The highest BCUT2D eigenvalue weighted by atomic mass is 32.2. The van der Waals surface area contributed by atoms with Crippen LogP contribution in [0.25, 0.3) is 0 Å². The van der Waals surface area contributed by atoms with Crippen LogP contribution in [0.2, 0.25) is 0 Å². The second-order valence-electron chi connectivity index (χ2n) is 6.80. The Labute approximate surface area is 153 Å². The number of urea groups is 1. The number of nitrogens with zero attached hydrogens (tertiary/aromatic N) is 4. The molecule has 26 heavy (non-hydrogen) atoms. The largest absolute Gasteiger partial charge is 0.341 e. The molecule has 2 aliphatic rings. The van der Waals surface area contributed by atoms with E-state index in [9.17, 15) is 18.0 Å². The molecule has 0 aromatic carbocycles. The monoisotopic (exact) mass is 383 g/mol. The first-order chi connectivity index (χ1) is 12.4. The summed E-state index contributed by atoms with van der Waals surface area (Å²) in [6.45, 7) is 3.94. The lowest BCUT2D eigenvalue weighted by Crippen LogP contribution is -2.41. The maximum Gasteiger partial charge on any atom is 0.323 e. The molecule has 2 fully saturated rings. The van der Waals surface area contributed by atoms with Gasteiger partial charge in [0, 0.05) is 25.7 Å². The molecular formula is C16H25N5O4S. The van der Waals surface area contributed by atoms with Crippen molar-refractivity contribution in [3.8, 4) is 0 Å². The van der Waals surface area contributed by atoms with Crippen molar-refractivity contribution in [2.45, 2.75) is 32.2 Å². The predicted octanol–water partition coefficient (Wildman–Crippen LogP) is 0.719. The number of anilines is 1. The standard InChI is InChI=1S/C16H25N5O4S/c1-2-7-19-8-3-9-20(11-15(19)22)16(23)18-14-4-6-17-21(14)13-5-10-26(24,25)12-13/h4,6,13H,2-3,5,7-12H2,1H3,(H,18,23). The van der Waals surface area contributed by atoms with E-state index in [0.29, 0.717) is 31.9 Å². The number of rotatable bonds is 4. The van der Waals surface area contributed by atoms with Crippen molar-refractivity contribution in [1.82, 2.24) is 19.6 Å². The van der Waals surface area contributed by atoms with Crippen LogP contribution < -0.4 is 5.32 Å². The van der Waals surface area contributed by atoms with Crippen molar-refractivity contribution < 1.29 is 18.0 Å². The number of carbonyl (C=O) groups is 2. The van der Waals surface area contributed by atoms with Gasteiger partial charge in [0.1, 0.15) is 12.4 Å². The lowest BCUT2D eigenvalue weighted by atomic mass is 10.3. The number of amides is 3. The van der Waals surface area contributed by atoms with E-state index in [1.165, 1.54) is 11.1 Å². The molecule has 1 atom stereocenters. The first-order valence-electron chi connectivity index (χ1n) is 8.97. The fraction of sp³-hybridized carbons (Fsp3) is 0.688. The number of aromatic nitrogens is 2. The minimum atomic E-state index is -3.05. The summed E-state index contributed by atoms with van der Waals surface area (Å²) in [6.07, 6.45) is 3.65. The number of nitrogens with one attached hydrogen (secondary N) is 1. The molecule has 2 aliphatic heterocycles. The van der Waals surface area contributed by atoms with Gasteiger partial charge >= 0.3 is 6.03 Å². The predicted molar refractivity (Wildman–Crippen MR) is 96.6 cm³/mol. The Balaban J connectivity index is 1.66. The molecule has 0 aliphatic carbocycles. The normalized spacial score (nSPS) is 23.1. The average Bonchev–Trinajstić information content (AvgIpc) is 3.13. The maximum atomic E-state index is 12.6. The second-order valence-corrected chi connectivity index (χ2v) is 9.03. The molecule has 0 radical (unpaired) electrons. The van der Waals surface area contributed by atoms with Crippen molar-refractivity contribution in [3.05, 3.63) is 12.3 Å². The third-order valence-corrected chi connectivity index (χ3v) is 6.53. The number of carbonyl (C=O) groups excluding carboxylic acids is 2. The Morgan fingerprint density at radius 3 is 2.88 bits per heavy atom. The van der Waals surface area contributed by atoms with E-state index >= 15 is 0 Å². The third kappa shape index (κ3) is 4.17. The average molecular weight is 383 g/mol. The van der Waals surface area contributed by atoms with Gasteiger partial charge in [-0.05, 0) is 19.3 Å². The number of hydrogen-bond acceptors (Lipinski definition) is 5. The van der Waals surface area contributed by atoms with Crippen LogP contribution in [0.4, 0.5) is 10.6 Å². The van der Waals surface area contributed by atoms with Gasteiger partial charge in [-0.1, -0.05) is 6.92 Å². The fourth-order valence-corrected chi connectivity index (χ4v) is 5.15. The Bertz CT molecular complexity index is 775. The van der Waals surface area contributed by atoms with E-state index in [1.807, 2.05) is 6.92 Å². The Hall–Kier alpha value is -2.10. The van der Waals surface area contributed by atoms with Crippen LogP contribution in [0.1, 0.15) is 32.2 Å². The SMILES string of the molecule is CCCN1CCCN(C(=O)Nc2ccnn2C2CCS(=O)(=O)C2)CC1=O. The van der Waals surface area contributed by atoms with Gasteiger partial charge in [-0.3, -0.25) is 10.1 Å². The molecule has 0 bridgehead atoms. The van der Waals surface area contributed by atoms with Crippen molar-refractivity contribution in [1.29, 1.82) is 0 Å². The lowest BCUT2D eigenvalue weighted by molar-refractivity contribution is -0.130. The van der Waals surface area contributed by atoms with Crippen LogP contribution in [0.15, 0.2) is 12.3 Å². The summed E-state index contributed by atoms with van der Waals surface area (Å²) >= 11 is 0. The van der Waals surface area contributed by atoms with Gasteiger partial charge in [0.25, 0.3) is 0 Å². The van der Waals surface area contributed by atoms with Crippen molar-refractivity contribution in [2.24, 2.45) is 0 Å². The Morgan fingerprint density at radius 2 is 2.19 bits per heavy atom. The molecule has 1 aromatic rings. The fourth-order valence-electron chi connectivity index (χ4n) is 3.46. The molecular weight excluding hydrogens is 358 g/mol. The molecule has 1 N–H and O–H groups in total.